The van der Waals surface area contributed by atoms with Crippen molar-refractivity contribution in [1.82, 2.24) is 9.80 Å². The molecule has 0 spiro atoms. The molecule has 0 aromatic heterocycles. The van der Waals surface area contributed by atoms with E-state index in [1.54, 1.807) is 7.11 Å². The normalized spacial score (nSPS) is 14.1. The number of carbonyl (C=O) groups is 1. The second kappa shape index (κ2) is 13.2. The topological polar surface area (TPSA) is 42.0 Å². The lowest BCUT2D eigenvalue weighted by atomic mass is 9.98. The van der Waals surface area contributed by atoms with E-state index in [-0.39, 0.29) is 5.91 Å². The maximum Gasteiger partial charge on any atom is 0.227 e. The highest BCUT2D eigenvalue weighted by molar-refractivity contribution is 5.79. The van der Waals surface area contributed by atoms with E-state index in [0.717, 1.165) is 50.4 Å². The number of carbonyl (C=O) groups excluding carboxylic acids is 1. The smallest absolute Gasteiger partial charge is 0.227 e. The lowest BCUT2D eigenvalue weighted by Crippen LogP contribution is -2.35. The summed E-state index contributed by atoms with van der Waals surface area (Å²) >= 11 is 0. The van der Waals surface area contributed by atoms with Gasteiger partial charge in [0.1, 0.15) is 0 Å². The predicted molar refractivity (Wildman–Crippen MR) is 140 cm³/mol. The second-order valence-corrected chi connectivity index (χ2v) is 9.07. The Hall–Kier alpha value is -2.99. The van der Waals surface area contributed by atoms with Gasteiger partial charge in [0, 0.05) is 46.4 Å². The van der Waals surface area contributed by atoms with Crippen LogP contribution in [-0.4, -0.2) is 62.3 Å². The van der Waals surface area contributed by atoms with Crippen LogP contribution in [0.25, 0.3) is 11.1 Å². The minimum Gasteiger partial charge on any atom is -0.385 e. The monoisotopic (exact) mass is 472 g/mol. The molecule has 0 saturated carbocycles. The molecule has 0 aliphatic carbocycles. The number of morpholine rings is 1. The number of hydrogen-bond donors (Lipinski definition) is 0. The molecule has 3 aromatic rings. The van der Waals surface area contributed by atoms with Crippen molar-refractivity contribution >= 4 is 5.91 Å². The van der Waals surface area contributed by atoms with Gasteiger partial charge in [-0.2, -0.15) is 0 Å². The molecule has 1 aliphatic rings. The van der Waals surface area contributed by atoms with Gasteiger partial charge in [0.2, 0.25) is 5.91 Å². The fraction of sp³-hybridized carbons (Fsp3) is 0.367. The van der Waals surface area contributed by atoms with Crippen LogP contribution in [0.5, 0.6) is 0 Å². The molecule has 5 nitrogen and oxygen atoms in total. The van der Waals surface area contributed by atoms with E-state index in [1.165, 1.54) is 16.7 Å². The molecule has 3 aromatic carbocycles. The summed E-state index contributed by atoms with van der Waals surface area (Å²) in [4.78, 5) is 17.7. The maximum absolute atomic E-state index is 13.3. The van der Waals surface area contributed by atoms with Gasteiger partial charge in [-0.05, 0) is 34.2 Å². The van der Waals surface area contributed by atoms with E-state index in [4.69, 9.17) is 9.47 Å². The van der Waals surface area contributed by atoms with Gasteiger partial charge in [-0.1, -0.05) is 78.9 Å². The first-order chi connectivity index (χ1) is 17.2. The SMILES string of the molecule is COCCCN(Cc1ccccc1-c1ccc(CN2CCOCC2)cc1)C(=O)Cc1ccccc1. The summed E-state index contributed by atoms with van der Waals surface area (Å²) in [6.07, 6.45) is 1.22. The van der Waals surface area contributed by atoms with Crippen molar-refractivity contribution in [2.75, 3.05) is 46.6 Å². The average Bonchev–Trinajstić information content (AvgIpc) is 2.90. The Morgan fingerprint density at radius 1 is 0.914 bits per heavy atom. The van der Waals surface area contributed by atoms with Crippen molar-refractivity contribution in [3.05, 3.63) is 95.6 Å². The summed E-state index contributed by atoms with van der Waals surface area (Å²) in [7, 11) is 1.70. The molecule has 1 amide bonds. The zero-order valence-corrected chi connectivity index (χ0v) is 20.7. The molecule has 5 heteroatoms. The number of benzene rings is 3. The molecule has 4 rings (SSSR count). The quantitative estimate of drug-likeness (QED) is 0.376. The second-order valence-electron chi connectivity index (χ2n) is 9.07. The average molecular weight is 473 g/mol. The molecule has 0 unspecified atom stereocenters. The van der Waals surface area contributed by atoms with Crippen molar-refractivity contribution < 1.29 is 14.3 Å². The van der Waals surface area contributed by atoms with Crippen LogP contribution < -0.4 is 0 Å². The van der Waals surface area contributed by atoms with E-state index >= 15 is 0 Å². The summed E-state index contributed by atoms with van der Waals surface area (Å²) in [5.41, 5.74) is 5.87. The van der Waals surface area contributed by atoms with Crippen LogP contribution in [0.15, 0.2) is 78.9 Å². The Labute approximate surface area is 209 Å². The molecule has 0 bridgehead atoms. The first kappa shape index (κ1) is 25.1. The van der Waals surface area contributed by atoms with Gasteiger partial charge in [0.15, 0.2) is 0 Å². The number of ether oxygens (including phenoxy) is 2. The summed E-state index contributed by atoms with van der Waals surface area (Å²) < 4.78 is 10.7. The van der Waals surface area contributed by atoms with Crippen LogP contribution in [0.4, 0.5) is 0 Å². The highest BCUT2D eigenvalue weighted by Crippen LogP contribution is 2.26. The van der Waals surface area contributed by atoms with Crippen molar-refractivity contribution in [1.29, 1.82) is 0 Å². The van der Waals surface area contributed by atoms with Crippen LogP contribution in [-0.2, 0) is 33.8 Å². The highest BCUT2D eigenvalue weighted by atomic mass is 16.5. The Morgan fingerprint density at radius 2 is 1.63 bits per heavy atom. The minimum atomic E-state index is 0.142. The molecule has 1 heterocycles. The largest absolute Gasteiger partial charge is 0.385 e. The van der Waals surface area contributed by atoms with E-state index in [2.05, 4.69) is 53.4 Å². The lowest BCUT2D eigenvalue weighted by molar-refractivity contribution is -0.131. The van der Waals surface area contributed by atoms with E-state index in [9.17, 15) is 4.79 Å². The number of methoxy groups -OCH3 is 1. The number of rotatable bonds is 11. The van der Waals surface area contributed by atoms with Gasteiger partial charge >= 0.3 is 0 Å². The Balaban J connectivity index is 1.48. The van der Waals surface area contributed by atoms with Crippen LogP contribution >= 0.6 is 0 Å². The molecule has 1 saturated heterocycles. The molecule has 0 radical (unpaired) electrons. The molecule has 1 fully saturated rings. The van der Waals surface area contributed by atoms with E-state index in [1.807, 2.05) is 35.2 Å². The van der Waals surface area contributed by atoms with Crippen molar-refractivity contribution in [2.24, 2.45) is 0 Å². The Morgan fingerprint density at radius 3 is 2.37 bits per heavy atom. The van der Waals surface area contributed by atoms with E-state index < -0.39 is 0 Å². The summed E-state index contributed by atoms with van der Waals surface area (Å²) in [5, 5.41) is 0. The third kappa shape index (κ3) is 7.49. The summed E-state index contributed by atoms with van der Waals surface area (Å²) in [6.45, 7) is 6.45. The first-order valence-electron chi connectivity index (χ1n) is 12.5. The molecule has 1 aliphatic heterocycles. The van der Waals surface area contributed by atoms with Gasteiger partial charge < -0.3 is 14.4 Å². The third-order valence-corrected chi connectivity index (χ3v) is 6.48. The van der Waals surface area contributed by atoms with Crippen molar-refractivity contribution in [3.8, 4) is 11.1 Å². The molecule has 184 valence electrons. The molecular formula is C30H36N2O3. The standard InChI is InChI=1S/C30H36N2O3/c1-34-19-7-16-32(30(33)22-25-8-3-2-4-9-25)24-28-10-5-6-11-29(28)27-14-12-26(13-15-27)23-31-17-20-35-21-18-31/h2-6,8-15H,7,16-24H2,1H3. The lowest BCUT2D eigenvalue weighted by Gasteiger charge is -2.26. The van der Waals surface area contributed by atoms with Gasteiger partial charge in [0.05, 0.1) is 19.6 Å². The molecule has 0 atom stereocenters. The maximum atomic E-state index is 13.3. The Kier molecular flexibility index (Phi) is 9.47. The fourth-order valence-electron chi connectivity index (χ4n) is 4.53. The third-order valence-electron chi connectivity index (χ3n) is 6.48. The summed E-state index contributed by atoms with van der Waals surface area (Å²) in [5.74, 6) is 0.142. The van der Waals surface area contributed by atoms with Crippen LogP contribution in [0.2, 0.25) is 0 Å². The highest BCUT2D eigenvalue weighted by Gasteiger charge is 2.17. The minimum absolute atomic E-state index is 0.142. The molecule has 0 N–H and O–H groups in total. The fourth-order valence-corrected chi connectivity index (χ4v) is 4.53. The number of amides is 1. The Bertz CT molecular complexity index is 1050. The van der Waals surface area contributed by atoms with Gasteiger partial charge in [0.25, 0.3) is 0 Å². The zero-order valence-electron chi connectivity index (χ0n) is 20.7. The predicted octanol–water partition coefficient (Wildman–Crippen LogP) is 4.79. The van der Waals surface area contributed by atoms with Crippen LogP contribution in [0, 0.1) is 0 Å². The first-order valence-corrected chi connectivity index (χ1v) is 12.5. The van der Waals surface area contributed by atoms with Crippen molar-refractivity contribution in [3.63, 3.8) is 0 Å². The molecule has 35 heavy (non-hydrogen) atoms. The number of nitrogens with zero attached hydrogens (tertiary/aromatic N) is 2. The van der Waals surface area contributed by atoms with Gasteiger partial charge in [-0.3, -0.25) is 9.69 Å². The molecular weight excluding hydrogens is 436 g/mol. The van der Waals surface area contributed by atoms with Gasteiger partial charge in [-0.25, -0.2) is 0 Å². The number of hydrogen-bond acceptors (Lipinski definition) is 4. The van der Waals surface area contributed by atoms with Crippen LogP contribution in [0.1, 0.15) is 23.1 Å². The van der Waals surface area contributed by atoms with Crippen LogP contribution in [0.3, 0.4) is 0 Å². The van der Waals surface area contributed by atoms with Crippen molar-refractivity contribution in [2.45, 2.75) is 25.9 Å². The zero-order chi connectivity index (χ0) is 24.3. The van der Waals surface area contributed by atoms with Gasteiger partial charge in [-0.15, -0.1) is 0 Å². The van der Waals surface area contributed by atoms with E-state index in [0.29, 0.717) is 26.1 Å². The summed E-state index contributed by atoms with van der Waals surface area (Å²) in [6, 6.07) is 27.2.